The third-order valence-corrected chi connectivity index (χ3v) is 12.3. The second-order valence-corrected chi connectivity index (χ2v) is 19.5. The molecule has 9 heteroatoms. The van der Waals surface area contributed by atoms with Crippen LogP contribution in [0.4, 0.5) is 0 Å². The Kier molecular flexibility index (Phi) is 54.3. The molecule has 0 spiro atoms. The molecule has 2 atom stereocenters. The van der Waals surface area contributed by atoms with E-state index in [1.54, 1.807) is 0 Å². The molecule has 0 bridgehead atoms. The summed E-state index contributed by atoms with van der Waals surface area (Å²) in [4.78, 5) is 22.6. The Balaban J connectivity index is 4.03. The highest BCUT2D eigenvalue weighted by atomic mass is 31.2. The molecule has 0 fully saturated rings. The number of ether oxygens (including phenoxy) is 2. The first-order valence-electron chi connectivity index (χ1n) is 28.0. The minimum absolute atomic E-state index is 0.0872. The lowest BCUT2D eigenvalue weighted by molar-refractivity contribution is -0.154. The maximum absolute atomic E-state index is 12.7. The first-order valence-corrected chi connectivity index (χ1v) is 29.5. The van der Waals surface area contributed by atoms with Crippen molar-refractivity contribution in [3.8, 4) is 0 Å². The number of nitrogens with two attached hydrogens (primary N) is 1. The highest BCUT2D eigenvalue weighted by molar-refractivity contribution is 7.47. The SMILES string of the molecule is CC/C=C\C/C=C\C/C=C\C/C=C\C/C=C\C/C=C\C/C=C\CCCCCC(=O)OC(COCCCCCCCCCCCCC/C=C\C/C=C\C/C=C\CCCCCCC)COP(=O)(O)OCCN. The fourth-order valence-electron chi connectivity index (χ4n) is 7.28. The van der Waals surface area contributed by atoms with Gasteiger partial charge >= 0.3 is 13.8 Å². The molecule has 0 amide bonds. The molecular formula is C61H104NO7P. The van der Waals surface area contributed by atoms with Gasteiger partial charge in [-0.2, -0.15) is 0 Å². The number of hydrogen-bond donors (Lipinski definition) is 2. The Bertz CT molecular complexity index is 1490. The van der Waals surface area contributed by atoms with Crippen LogP contribution in [-0.4, -0.2) is 49.9 Å². The van der Waals surface area contributed by atoms with Crippen LogP contribution in [0.15, 0.2) is 122 Å². The Hall–Kier alpha value is -3.10. The molecular weight excluding hydrogens is 890 g/mol. The minimum Gasteiger partial charge on any atom is -0.457 e. The summed E-state index contributed by atoms with van der Waals surface area (Å²) in [6.45, 7) is 4.73. The van der Waals surface area contributed by atoms with Gasteiger partial charge in [-0.25, -0.2) is 4.57 Å². The quantitative estimate of drug-likeness (QED) is 0.0268. The van der Waals surface area contributed by atoms with Crippen molar-refractivity contribution in [3.63, 3.8) is 0 Å². The zero-order valence-corrected chi connectivity index (χ0v) is 45.6. The second kappa shape index (κ2) is 56.8. The summed E-state index contributed by atoms with van der Waals surface area (Å²) < 4.78 is 33.6. The van der Waals surface area contributed by atoms with E-state index < -0.39 is 13.9 Å². The molecule has 70 heavy (non-hydrogen) atoms. The van der Waals surface area contributed by atoms with Crippen LogP contribution in [-0.2, 0) is 27.9 Å². The smallest absolute Gasteiger partial charge is 0.457 e. The molecule has 3 N–H and O–H groups in total. The van der Waals surface area contributed by atoms with Gasteiger partial charge in [0.2, 0.25) is 0 Å². The van der Waals surface area contributed by atoms with Crippen molar-refractivity contribution in [1.82, 2.24) is 0 Å². The lowest BCUT2D eigenvalue weighted by Crippen LogP contribution is -2.28. The fourth-order valence-corrected chi connectivity index (χ4v) is 8.04. The molecule has 400 valence electrons. The number of hydrogen-bond acceptors (Lipinski definition) is 7. The lowest BCUT2D eigenvalue weighted by Gasteiger charge is -2.20. The summed E-state index contributed by atoms with van der Waals surface area (Å²) in [6.07, 6.45) is 79.6. The standard InChI is InChI=1S/C61H104NO7P/c1-3-5-7-9-11-13-15-17-19-21-23-25-27-29-31-33-35-37-39-41-43-45-47-49-51-53-56-66-58-60(59-68-70(64,65)67-57-55-62)69-61(63)54-52-50-48-46-44-42-40-38-36-34-32-30-28-26-24-22-20-18-16-14-12-10-8-6-4-2/h6,8,12,14-15,17-18,20-21,23-24,26-27,29-30,32,36,38,42,44,60H,3-5,7,9-11,13,16,19,22,25,28,31,33-35,37,39-41,43,45-59,62H2,1-2H3,(H,64,65)/b8-6-,14-12-,17-15-,20-18-,23-21-,26-24-,29-27-,32-30-,38-36-,44-42-. The number of allylic oxidation sites excluding steroid dienone is 20. The maximum atomic E-state index is 12.7. The number of carbonyl (C=O) groups excluding carboxylic acids is 1. The summed E-state index contributed by atoms with van der Waals surface area (Å²) in [5.74, 6) is -0.366. The van der Waals surface area contributed by atoms with Crippen LogP contribution in [0.25, 0.3) is 0 Å². The van der Waals surface area contributed by atoms with E-state index in [1.807, 2.05) is 0 Å². The van der Waals surface area contributed by atoms with E-state index in [4.69, 9.17) is 24.3 Å². The molecule has 0 aromatic rings. The Labute approximate surface area is 430 Å². The van der Waals surface area contributed by atoms with Gasteiger partial charge in [-0.15, -0.1) is 0 Å². The number of phosphoric acid groups is 1. The molecule has 0 saturated carbocycles. The van der Waals surface area contributed by atoms with E-state index in [-0.39, 0.29) is 38.8 Å². The average Bonchev–Trinajstić information content (AvgIpc) is 3.35. The van der Waals surface area contributed by atoms with Crippen LogP contribution in [0.1, 0.15) is 219 Å². The largest absolute Gasteiger partial charge is 0.472 e. The molecule has 0 rings (SSSR count). The molecule has 0 aromatic heterocycles. The summed E-state index contributed by atoms with van der Waals surface area (Å²) >= 11 is 0. The highest BCUT2D eigenvalue weighted by Crippen LogP contribution is 2.43. The van der Waals surface area contributed by atoms with Gasteiger partial charge < -0.3 is 20.1 Å². The van der Waals surface area contributed by atoms with Crippen LogP contribution in [0, 0.1) is 0 Å². The zero-order chi connectivity index (χ0) is 50.8. The number of carbonyl (C=O) groups is 1. The molecule has 0 heterocycles. The molecule has 0 aliphatic heterocycles. The third-order valence-electron chi connectivity index (χ3n) is 11.4. The highest BCUT2D eigenvalue weighted by Gasteiger charge is 2.25. The molecule has 2 unspecified atom stereocenters. The summed E-state index contributed by atoms with van der Waals surface area (Å²) in [7, 11) is -4.31. The molecule has 0 aliphatic carbocycles. The predicted molar refractivity (Wildman–Crippen MR) is 302 cm³/mol. The number of rotatable bonds is 52. The van der Waals surface area contributed by atoms with Gasteiger partial charge in [-0.3, -0.25) is 13.8 Å². The second-order valence-electron chi connectivity index (χ2n) is 18.1. The topological polar surface area (TPSA) is 117 Å². The minimum atomic E-state index is -4.31. The van der Waals surface area contributed by atoms with Crippen molar-refractivity contribution >= 4 is 13.8 Å². The Morgan fingerprint density at radius 2 is 0.800 bits per heavy atom. The van der Waals surface area contributed by atoms with E-state index in [9.17, 15) is 14.3 Å². The van der Waals surface area contributed by atoms with Crippen molar-refractivity contribution in [3.05, 3.63) is 122 Å². The average molecular weight is 994 g/mol. The van der Waals surface area contributed by atoms with Gasteiger partial charge in [-0.1, -0.05) is 225 Å². The fraction of sp³-hybridized carbons (Fsp3) is 0.656. The van der Waals surface area contributed by atoms with E-state index in [0.29, 0.717) is 13.0 Å². The number of phosphoric ester groups is 1. The first kappa shape index (κ1) is 66.9. The van der Waals surface area contributed by atoms with Gasteiger partial charge in [0.15, 0.2) is 0 Å². The summed E-state index contributed by atoms with van der Waals surface area (Å²) in [5.41, 5.74) is 5.40. The van der Waals surface area contributed by atoms with Gasteiger partial charge in [0.1, 0.15) is 6.10 Å². The molecule has 0 radical (unpaired) electrons. The van der Waals surface area contributed by atoms with Gasteiger partial charge in [0.05, 0.1) is 19.8 Å². The molecule has 0 aromatic carbocycles. The monoisotopic (exact) mass is 994 g/mol. The van der Waals surface area contributed by atoms with Crippen molar-refractivity contribution in [2.24, 2.45) is 5.73 Å². The lowest BCUT2D eigenvalue weighted by atomic mass is 10.1. The van der Waals surface area contributed by atoms with Crippen LogP contribution < -0.4 is 5.73 Å². The zero-order valence-electron chi connectivity index (χ0n) is 44.7. The Morgan fingerprint density at radius 3 is 1.20 bits per heavy atom. The summed E-state index contributed by atoms with van der Waals surface area (Å²) in [6, 6.07) is 0. The van der Waals surface area contributed by atoms with E-state index >= 15 is 0 Å². The van der Waals surface area contributed by atoms with Crippen molar-refractivity contribution < 1.29 is 32.8 Å². The van der Waals surface area contributed by atoms with Gasteiger partial charge in [0, 0.05) is 19.6 Å². The van der Waals surface area contributed by atoms with Crippen molar-refractivity contribution in [2.45, 2.75) is 225 Å². The maximum Gasteiger partial charge on any atom is 0.472 e. The van der Waals surface area contributed by atoms with Crippen LogP contribution in [0.5, 0.6) is 0 Å². The predicted octanol–water partition coefficient (Wildman–Crippen LogP) is 18.1. The first-order chi connectivity index (χ1) is 34.4. The van der Waals surface area contributed by atoms with E-state index in [1.165, 1.54) is 103 Å². The molecule has 8 nitrogen and oxygen atoms in total. The third kappa shape index (κ3) is 55.8. The molecule has 0 aliphatic rings. The summed E-state index contributed by atoms with van der Waals surface area (Å²) in [5, 5.41) is 0. The normalized spacial score (nSPS) is 14.2. The van der Waals surface area contributed by atoms with E-state index in [2.05, 4.69) is 135 Å². The number of esters is 1. The molecule has 0 saturated heterocycles. The van der Waals surface area contributed by atoms with Crippen LogP contribution >= 0.6 is 7.82 Å². The van der Waals surface area contributed by atoms with E-state index in [0.717, 1.165) is 89.9 Å². The van der Waals surface area contributed by atoms with Gasteiger partial charge in [0.25, 0.3) is 0 Å². The number of unbranched alkanes of at least 4 members (excludes halogenated alkanes) is 19. The van der Waals surface area contributed by atoms with Crippen LogP contribution in [0.3, 0.4) is 0 Å². The van der Waals surface area contributed by atoms with Crippen LogP contribution in [0.2, 0.25) is 0 Å². The van der Waals surface area contributed by atoms with Crippen molar-refractivity contribution in [2.75, 3.05) is 33.0 Å². The van der Waals surface area contributed by atoms with Gasteiger partial charge in [-0.05, 0) is 109 Å². The Morgan fingerprint density at radius 1 is 0.443 bits per heavy atom. The van der Waals surface area contributed by atoms with Crippen molar-refractivity contribution in [1.29, 1.82) is 0 Å².